The Bertz CT molecular complexity index is 469. The molecule has 21 heavy (non-hydrogen) atoms. The lowest BCUT2D eigenvalue weighted by atomic mass is 10.3. The second kappa shape index (κ2) is 8.18. The molecule has 6 heteroatoms. The molecule has 0 nitrogen and oxygen atoms in total. The molecule has 0 radical (unpaired) electrons. The van der Waals surface area contributed by atoms with Crippen molar-refractivity contribution in [1.82, 2.24) is 0 Å². The zero-order chi connectivity index (χ0) is 15.9. The second-order valence-electron chi connectivity index (χ2n) is 4.80. The Morgan fingerprint density at radius 3 is 1.24 bits per heavy atom. The van der Waals surface area contributed by atoms with E-state index in [-0.39, 0.29) is 0 Å². The Morgan fingerprint density at radius 2 is 1.00 bits per heavy atom. The first-order valence-corrected chi connectivity index (χ1v) is 8.21. The van der Waals surface area contributed by atoms with Gasteiger partial charge in [0.2, 0.25) is 0 Å². The molecule has 0 aliphatic carbocycles. The molecule has 0 fully saturated rings. The third kappa shape index (κ3) is 7.28. The van der Waals surface area contributed by atoms with E-state index in [1.54, 1.807) is 0 Å². The number of hydrogen-bond donors (Lipinski definition) is 0. The summed E-state index contributed by atoms with van der Waals surface area (Å²) < 4.78 is 39.0. The topological polar surface area (TPSA) is 0 Å². The molecule has 0 aliphatic heterocycles. The fraction of sp³-hybridized carbons (Fsp3) is 0.200. The number of benzene rings is 2. The first-order valence-electron chi connectivity index (χ1n) is 6.64. The molecule has 0 spiro atoms. The van der Waals surface area contributed by atoms with Gasteiger partial charge in [-0.05, 0) is 38.1 Å². The Hall–Kier alpha value is -1.35. The van der Waals surface area contributed by atoms with Gasteiger partial charge in [-0.15, -0.1) is 0 Å². The number of rotatable bonds is 3. The normalized spacial score (nSPS) is 11.2. The van der Waals surface area contributed by atoms with Crippen molar-refractivity contribution in [2.45, 2.75) is 19.5 Å². The third-order valence-corrected chi connectivity index (χ3v) is 5.81. The molecule has 0 saturated carbocycles. The lowest BCUT2D eigenvalue weighted by Crippen LogP contribution is -2.17. The first kappa shape index (κ1) is 17.7. The first-order chi connectivity index (χ1) is 9.79. The molecule has 2 aromatic rings. The molecule has 0 N–H and O–H groups in total. The van der Waals surface area contributed by atoms with Gasteiger partial charge in [-0.2, -0.15) is 0 Å². The quantitative estimate of drug-likeness (QED) is 0.442. The van der Waals surface area contributed by atoms with Crippen LogP contribution in [0.15, 0.2) is 60.7 Å². The lowest BCUT2D eigenvalue weighted by molar-refractivity contribution is 0.368. The summed E-state index contributed by atoms with van der Waals surface area (Å²) in [5.74, 6) is 0. The van der Waals surface area contributed by atoms with E-state index in [2.05, 4.69) is 74.5 Å². The Labute approximate surface area is 124 Å². The molecule has 0 unspecified atom stereocenters. The van der Waals surface area contributed by atoms with E-state index in [0.29, 0.717) is 0 Å². The standard InChI is InChI=1S/C15H17P.BF4/c1-13(2)16(14-9-5-3-6-10-14)15-11-7-4-8-12-15;2-1(3,4)5/h3-13H,1-2H3;/q;-1/p+1. The SMILES string of the molecule is CC(C)[PH+](c1ccccc1)c1ccccc1.F[B-](F)(F)F. The van der Waals surface area contributed by atoms with E-state index >= 15 is 0 Å². The van der Waals surface area contributed by atoms with Gasteiger partial charge < -0.3 is 17.3 Å². The summed E-state index contributed by atoms with van der Waals surface area (Å²) in [5.41, 5.74) is 0.717. The number of halogens is 4. The average Bonchev–Trinajstić information content (AvgIpc) is 2.39. The molecule has 0 aliphatic rings. The minimum absolute atomic E-state index is 0.617. The third-order valence-electron chi connectivity index (χ3n) is 2.75. The number of hydrogen-bond acceptors (Lipinski definition) is 0. The van der Waals surface area contributed by atoms with Crippen LogP contribution in [0.4, 0.5) is 17.3 Å². The summed E-state index contributed by atoms with van der Waals surface area (Å²) in [7, 11) is -6.62. The maximum absolute atomic E-state index is 9.75. The summed E-state index contributed by atoms with van der Waals surface area (Å²) >= 11 is 0. The molecule has 0 bridgehead atoms. The van der Waals surface area contributed by atoms with Gasteiger partial charge in [0.25, 0.3) is 0 Å². The van der Waals surface area contributed by atoms with Crippen LogP contribution < -0.4 is 10.6 Å². The van der Waals surface area contributed by atoms with E-state index in [4.69, 9.17) is 0 Å². The minimum atomic E-state index is -6.00. The van der Waals surface area contributed by atoms with Gasteiger partial charge in [-0.1, -0.05) is 36.4 Å². The van der Waals surface area contributed by atoms with Crippen LogP contribution in [0, 0.1) is 0 Å². The molecule has 0 atom stereocenters. The predicted octanol–water partition coefficient (Wildman–Crippen LogP) is 4.56. The van der Waals surface area contributed by atoms with Crippen LogP contribution in [0.1, 0.15) is 13.8 Å². The fourth-order valence-electron chi connectivity index (χ4n) is 2.07. The molecule has 0 aromatic heterocycles. The summed E-state index contributed by atoms with van der Waals surface area (Å²) in [6.07, 6.45) is 0. The summed E-state index contributed by atoms with van der Waals surface area (Å²) in [6, 6.07) is 21.8. The zero-order valence-electron chi connectivity index (χ0n) is 11.9. The average molecular weight is 316 g/mol. The molecule has 114 valence electrons. The van der Waals surface area contributed by atoms with Gasteiger partial charge in [0.05, 0.1) is 24.2 Å². The van der Waals surface area contributed by atoms with Gasteiger partial charge >= 0.3 is 7.25 Å². The maximum Gasteiger partial charge on any atom is 0.673 e. The van der Waals surface area contributed by atoms with Gasteiger partial charge in [0.15, 0.2) is 0 Å². The van der Waals surface area contributed by atoms with Gasteiger partial charge in [0.1, 0.15) is 0 Å². The van der Waals surface area contributed by atoms with Crippen LogP contribution >= 0.6 is 7.92 Å². The molecule has 0 saturated heterocycles. The molecule has 2 aromatic carbocycles. The van der Waals surface area contributed by atoms with Gasteiger partial charge in [-0.25, -0.2) is 0 Å². The fourth-order valence-corrected chi connectivity index (χ4v) is 4.84. The highest BCUT2D eigenvalue weighted by Crippen LogP contribution is 2.38. The molecule has 0 amide bonds. The van der Waals surface area contributed by atoms with Crippen molar-refractivity contribution in [3.63, 3.8) is 0 Å². The molecular formula is C15H18BF4P. The maximum atomic E-state index is 9.75. The summed E-state index contributed by atoms with van der Waals surface area (Å²) in [5, 5.41) is 3.02. The highest BCUT2D eigenvalue weighted by atomic mass is 31.1. The van der Waals surface area contributed by atoms with Crippen molar-refractivity contribution in [2.75, 3.05) is 0 Å². The van der Waals surface area contributed by atoms with E-state index in [1.807, 2.05) is 0 Å². The molecule has 2 rings (SSSR count). The van der Waals surface area contributed by atoms with E-state index < -0.39 is 15.2 Å². The highest BCUT2D eigenvalue weighted by molar-refractivity contribution is 7.73. The van der Waals surface area contributed by atoms with E-state index in [9.17, 15) is 17.3 Å². The van der Waals surface area contributed by atoms with Crippen LogP contribution in [0.3, 0.4) is 0 Å². The van der Waals surface area contributed by atoms with Crippen molar-refractivity contribution in [2.24, 2.45) is 0 Å². The van der Waals surface area contributed by atoms with Crippen molar-refractivity contribution in [3.8, 4) is 0 Å². The Balaban J connectivity index is 0.000000383. The summed E-state index contributed by atoms with van der Waals surface area (Å²) in [6.45, 7) is 4.66. The largest absolute Gasteiger partial charge is 0.673 e. The lowest BCUT2D eigenvalue weighted by Gasteiger charge is -2.13. The van der Waals surface area contributed by atoms with Gasteiger partial charge in [-0.3, -0.25) is 0 Å². The molecular weight excluding hydrogens is 298 g/mol. The predicted molar refractivity (Wildman–Crippen MR) is 85.8 cm³/mol. The highest BCUT2D eigenvalue weighted by Gasteiger charge is 2.25. The zero-order valence-corrected chi connectivity index (χ0v) is 12.9. The van der Waals surface area contributed by atoms with Crippen molar-refractivity contribution in [3.05, 3.63) is 60.7 Å². The Kier molecular flexibility index (Phi) is 6.90. The van der Waals surface area contributed by atoms with Crippen molar-refractivity contribution in [1.29, 1.82) is 0 Å². The minimum Gasteiger partial charge on any atom is -0.418 e. The van der Waals surface area contributed by atoms with E-state index in [1.165, 1.54) is 10.6 Å². The van der Waals surface area contributed by atoms with Crippen LogP contribution in [-0.2, 0) is 0 Å². The second-order valence-corrected chi connectivity index (χ2v) is 7.93. The Morgan fingerprint density at radius 1 is 0.714 bits per heavy atom. The monoisotopic (exact) mass is 316 g/mol. The van der Waals surface area contributed by atoms with Crippen LogP contribution in [0.2, 0.25) is 0 Å². The summed E-state index contributed by atoms with van der Waals surface area (Å²) in [4.78, 5) is 0. The smallest absolute Gasteiger partial charge is 0.418 e. The van der Waals surface area contributed by atoms with Crippen molar-refractivity contribution >= 4 is 25.8 Å². The van der Waals surface area contributed by atoms with Crippen LogP contribution in [0.5, 0.6) is 0 Å². The van der Waals surface area contributed by atoms with Crippen LogP contribution in [0.25, 0.3) is 0 Å². The van der Waals surface area contributed by atoms with Gasteiger partial charge in [0, 0.05) is 0 Å². The molecule has 0 heterocycles. The van der Waals surface area contributed by atoms with Crippen molar-refractivity contribution < 1.29 is 17.3 Å². The van der Waals surface area contributed by atoms with E-state index in [0.717, 1.165) is 5.66 Å². The van der Waals surface area contributed by atoms with Crippen LogP contribution in [-0.4, -0.2) is 12.9 Å².